The number of nitrogens with one attached hydrogen (secondary N) is 3. The number of methoxy groups -OCH3 is 1. The third-order valence-electron chi connectivity index (χ3n) is 6.30. The van der Waals surface area contributed by atoms with Gasteiger partial charge in [-0.1, -0.05) is 0 Å². The van der Waals surface area contributed by atoms with Crippen LogP contribution in [0.2, 0.25) is 0 Å². The maximum atomic E-state index is 12.9. The number of amides is 7. The number of nitrogens with zero attached hydrogens (tertiary/aromatic N) is 2. The molecule has 0 spiro atoms. The first-order chi connectivity index (χ1) is 20.6. The first-order valence-corrected chi connectivity index (χ1v) is 14.1. The van der Waals surface area contributed by atoms with Gasteiger partial charge >= 0.3 is 5.97 Å². The average molecular weight is 610 g/mol. The molecule has 0 saturated carbocycles. The summed E-state index contributed by atoms with van der Waals surface area (Å²) in [4.78, 5) is 101. The Kier molecular flexibility index (Phi) is 15.5. The van der Waals surface area contributed by atoms with Crippen molar-refractivity contribution in [1.29, 1.82) is 0 Å². The molecule has 0 unspecified atom stereocenters. The van der Waals surface area contributed by atoms with Crippen molar-refractivity contribution in [3.05, 3.63) is 12.2 Å². The van der Waals surface area contributed by atoms with Gasteiger partial charge in [-0.2, -0.15) is 0 Å². The van der Waals surface area contributed by atoms with E-state index in [1.165, 1.54) is 7.11 Å². The minimum absolute atomic E-state index is 0.0172. The number of rotatable bonds is 21. The summed E-state index contributed by atoms with van der Waals surface area (Å²) in [5, 5.41) is 8.47. The van der Waals surface area contributed by atoms with Crippen LogP contribution in [0.1, 0.15) is 57.8 Å². The van der Waals surface area contributed by atoms with Crippen LogP contribution in [-0.4, -0.2) is 110 Å². The summed E-state index contributed by atoms with van der Waals surface area (Å²) in [5.41, 5.74) is 0. The van der Waals surface area contributed by atoms with Crippen LogP contribution in [0.3, 0.4) is 0 Å². The van der Waals surface area contributed by atoms with Gasteiger partial charge in [0.1, 0.15) is 12.6 Å². The van der Waals surface area contributed by atoms with Crippen molar-refractivity contribution in [1.82, 2.24) is 25.9 Å². The van der Waals surface area contributed by atoms with E-state index in [-0.39, 0.29) is 70.5 Å². The number of hydrogen-bond donors (Lipinski definition) is 3. The molecule has 1 fully saturated rings. The highest BCUT2D eigenvalue weighted by atomic mass is 16.7. The van der Waals surface area contributed by atoms with Crippen molar-refractivity contribution < 1.29 is 52.7 Å². The highest BCUT2D eigenvalue weighted by molar-refractivity contribution is 6.12. The Morgan fingerprint density at radius 1 is 0.837 bits per heavy atom. The lowest BCUT2D eigenvalue weighted by Crippen LogP contribution is -2.47. The first kappa shape index (κ1) is 35.0. The Labute approximate surface area is 248 Å². The van der Waals surface area contributed by atoms with Gasteiger partial charge in [-0.05, 0) is 32.1 Å². The van der Waals surface area contributed by atoms with Gasteiger partial charge in [-0.3, -0.25) is 38.5 Å². The van der Waals surface area contributed by atoms with Crippen molar-refractivity contribution in [3.63, 3.8) is 0 Å². The van der Waals surface area contributed by atoms with E-state index < -0.39 is 47.5 Å². The molecule has 0 aromatic rings. The van der Waals surface area contributed by atoms with Gasteiger partial charge in [-0.15, -0.1) is 5.06 Å². The second-order valence-electron chi connectivity index (χ2n) is 9.72. The summed E-state index contributed by atoms with van der Waals surface area (Å²) >= 11 is 0. The molecule has 3 N–H and O–H groups in total. The molecule has 16 nitrogen and oxygen atoms in total. The molecule has 7 amide bonds. The van der Waals surface area contributed by atoms with Crippen LogP contribution in [0.4, 0.5) is 0 Å². The highest BCUT2D eigenvalue weighted by Crippen LogP contribution is 2.13. The number of ether oxygens (including phenoxy) is 2. The van der Waals surface area contributed by atoms with Crippen LogP contribution in [-0.2, 0) is 52.7 Å². The lowest BCUT2D eigenvalue weighted by Gasteiger charge is -2.19. The minimum Gasteiger partial charge on any atom is -0.382 e. The normalized spacial score (nSPS) is 15.2. The van der Waals surface area contributed by atoms with E-state index in [4.69, 9.17) is 14.3 Å². The van der Waals surface area contributed by atoms with E-state index in [2.05, 4.69) is 16.0 Å². The molecule has 2 aliphatic rings. The number of imide groups is 2. The minimum atomic E-state index is -0.913. The van der Waals surface area contributed by atoms with Crippen molar-refractivity contribution in [3.8, 4) is 0 Å². The SMILES string of the molecule is COCCOCC(=O)NCCCC[C@H](NC(=O)CCCN1C(=O)C=CC1=O)C(=O)NCCCC(=O)ON1C(=O)CCC1=O. The van der Waals surface area contributed by atoms with Crippen LogP contribution in [0.15, 0.2) is 12.2 Å². The van der Waals surface area contributed by atoms with Crippen molar-refractivity contribution in [2.75, 3.05) is 46.6 Å². The molecule has 0 aliphatic carbocycles. The summed E-state index contributed by atoms with van der Waals surface area (Å²) < 4.78 is 9.98. The maximum absolute atomic E-state index is 12.9. The molecule has 238 valence electrons. The zero-order valence-corrected chi connectivity index (χ0v) is 24.2. The predicted molar refractivity (Wildman–Crippen MR) is 146 cm³/mol. The number of hydrogen-bond acceptors (Lipinski definition) is 11. The Balaban J connectivity index is 1.76. The molecular formula is C27H39N5O11. The summed E-state index contributed by atoms with van der Waals surface area (Å²) in [6.07, 6.45) is 3.72. The second kappa shape index (κ2) is 19.1. The molecule has 2 aliphatic heterocycles. The monoisotopic (exact) mass is 609 g/mol. The Bertz CT molecular complexity index is 1040. The molecule has 2 rings (SSSR count). The van der Waals surface area contributed by atoms with E-state index in [0.717, 1.165) is 17.1 Å². The van der Waals surface area contributed by atoms with E-state index >= 15 is 0 Å². The van der Waals surface area contributed by atoms with E-state index in [0.29, 0.717) is 37.7 Å². The molecule has 16 heteroatoms. The van der Waals surface area contributed by atoms with Crippen LogP contribution in [0.5, 0.6) is 0 Å². The Morgan fingerprint density at radius 2 is 1.51 bits per heavy atom. The van der Waals surface area contributed by atoms with Crippen LogP contribution >= 0.6 is 0 Å². The molecule has 0 aromatic carbocycles. The fourth-order valence-electron chi connectivity index (χ4n) is 4.02. The smallest absolute Gasteiger partial charge is 0.333 e. The predicted octanol–water partition coefficient (Wildman–Crippen LogP) is -1.37. The van der Waals surface area contributed by atoms with E-state index in [1.54, 1.807) is 0 Å². The highest BCUT2D eigenvalue weighted by Gasteiger charge is 2.32. The number of carbonyl (C=O) groups is 8. The Hall–Kier alpha value is -4.18. The zero-order chi connectivity index (χ0) is 31.6. The van der Waals surface area contributed by atoms with Gasteiger partial charge in [0.2, 0.25) is 17.7 Å². The molecule has 2 heterocycles. The molecule has 0 aromatic heterocycles. The van der Waals surface area contributed by atoms with Crippen molar-refractivity contribution >= 4 is 47.3 Å². The standard InChI is InChI=1S/C27H39N5O11/c1-41-16-17-42-18-21(34)28-13-3-2-6-19(30-20(33)7-5-15-31-22(35)9-10-23(31)36)27(40)29-14-4-8-26(39)43-32-24(37)11-12-25(32)38/h9-10,19H,2-8,11-18H2,1H3,(H,28,34)(H,29,40)(H,30,33)/t19-/m0/s1. The second-order valence-corrected chi connectivity index (χ2v) is 9.72. The molecule has 43 heavy (non-hydrogen) atoms. The quantitative estimate of drug-likeness (QED) is 0.102. The number of carbonyl (C=O) groups excluding carboxylic acids is 8. The lowest BCUT2D eigenvalue weighted by atomic mass is 10.1. The average Bonchev–Trinajstić information content (AvgIpc) is 3.46. The number of unbranched alkanes of at least 4 members (excludes halogenated alkanes) is 1. The van der Waals surface area contributed by atoms with E-state index in [1.807, 2.05) is 0 Å². The molecule has 1 saturated heterocycles. The van der Waals surface area contributed by atoms with Gasteiger partial charge in [0.15, 0.2) is 0 Å². The lowest BCUT2D eigenvalue weighted by molar-refractivity contribution is -0.197. The van der Waals surface area contributed by atoms with Crippen molar-refractivity contribution in [2.24, 2.45) is 0 Å². The van der Waals surface area contributed by atoms with Crippen LogP contribution < -0.4 is 16.0 Å². The molecule has 0 bridgehead atoms. The number of hydroxylamine groups is 2. The summed E-state index contributed by atoms with van der Waals surface area (Å²) in [6, 6.07) is -0.913. The molecule has 1 atom stereocenters. The fraction of sp³-hybridized carbons (Fsp3) is 0.630. The van der Waals surface area contributed by atoms with Gasteiger partial charge in [0.25, 0.3) is 23.6 Å². The fourth-order valence-corrected chi connectivity index (χ4v) is 4.02. The zero-order valence-electron chi connectivity index (χ0n) is 24.2. The largest absolute Gasteiger partial charge is 0.382 e. The maximum Gasteiger partial charge on any atom is 0.333 e. The van der Waals surface area contributed by atoms with Crippen LogP contribution in [0, 0.1) is 0 Å². The topological polar surface area (TPSA) is 207 Å². The first-order valence-electron chi connectivity index (χ1n) is 14.1. The summed E-state index contributed by atoms with van der Waals surface area (Å²) in [7, 11) is 1.52. The third-order valence-corrected chi connectivity index (χ3v) is 6.30. The van der Waals surface area contributed by atoms with E-state index in [9.17, 15) is 38.4 Å². The van der Waals surface area contributed by atoms with Gasteiger partial charge in [0.05, 0.1) is 13.2 Å². The molecular weight excluding hydrogens is 570 g/mol. The van der Waals surface area contributed by atoms with Crippen molar-refractivity contribution in [2.45, 2.75) is 63.8 Å². The molecule has 0 radical (unpaired) electrons. The Morgan fingerprint density at radius 3 is 2.19 bits per heavy atom. The van der Waals surface area contributed by atoms with Crippen LogP contribution in [0.25, 0.3) is 0 Å². The van der Waals surface area contributed by atoms with Gasteiger partial charge < -0.3 is 30.3 Å². The third kappa shape index (κ3) is 13.1. The van der Waals surface area contributed by atoms with Gasteiger partial charge in [-0.25, -0.2) is 4.79 Å². The summed E-state index contributed by atoms with van der Waals surface area (Å²) in [5.74, 6) is -4.09. The summed E-state index contributed by atoms with van der Waals surface area (Å²) in [6.45, 7) is 1.03. The van der Waals surface area contributed by atoms with Gasteiger partial charge in [0, 0.05) is 64.6 Å².